The lowest BCUT2D eigenvalue weighted by molar-refractivity contribution is -0.137. The highest BCUT2D eigenvalue weighted by Crippen LogP contribution is 2.29. The molecule has 0 radical (unpaired) electrons. The minimum atomic E-state index is -4.40. The molecule has 2 aromatic rings. The summed E-state index contributed by atoms with van der Waals surface area (Å²) in [6.07, 6.45) is -1.67. The van der Waals surface area contributed by atoms with Crippen LogP contribution in [0, 0.1) is 6.92 Å². The van der Waals surface area contributed by atoms with Crippen molar-refractivity contribution in [2.45, 2.75) is 13.1 Å². The molecule has 0 aliphatic heterocycles. The van der Waals surface area contributed by atoms with Gasteiger partial charge in [-0.05, 0) is 31.2 Å². The van der Waals surface area contributed by atoms with E-state index in [-0.39, 0.29) is 11.4 Å². The quantitative estimate of drug-likeness (QED) is 0.920. The van der Waals surface area contributed by atoms with Gasteiger partial charge in [0.25, 0.3) is 5.91 Å². The molecular formula is C13H10F3N3O. The highest BCUT2D eigenvalue weighted by molar-refractivity contribution is 6.02. The molecule has 0 unspecified atom stereocenters. The Hall–Kier alpha value is -2.44. The summed E-state index contributed by atoms with van der Waals surface area (Å²) in [5.41, 5.74) is 0.238. The Morgan fingerprint density at radius 1 is 1.10 bits per heavy atom. The number of carbonyl (C=O) groups is 1. The SMILES string of the molecule is Cc1cnc(C(=O)Nc2ccc(C(F)(F)F)cc2)cn1. The predicted molar refractivity (Wildman–Crippen MR) is 66.2 cm³/mol. The van der Waals surface area contributed by atoms with Gasteiger partial charge in [-0.25, -0.2) is 4.98 Å². The lowest BCUT2D eigenvalue weighted by atomic mass is 10.2. The summed E-state index contributed by atoms with van der Waals surface area (Å²) in [4.78, 5) is 19.6. The van der Waals surface area contributed by atoms with E-state index in [4.69, 9.17) is 0 Å². The first-order valence-corrected chi connectivity index (χ1v) is 5.63. The molecule has 1 heterocycles. The van der Waals surface area contributed by atoms with Crippen LogP contribution in [0.1, 0.15) is 21.7 Å². The standard InChI is InChI=1S/C13H10F3N3O/c1-8-6-18-11(7-17-8)12(20)19-10-4-2-9(3-5-10)13(14,15)16/h2-7H,1H3,(H,19,20). The molecule has 1 N–H and O–H groups in total. The van der Waals surface area contributed by atoms with Crippen LogP contribution in [0.2, 0.25) is 0 Å². The maximum atomic E-state index is 12.4. The van der Waals surface area contributed by atoms with Gasteiger partial charge in [0, 0.05) is 11.9 Å². The van der Waals surface area contributed by atoms with Crippen molar-refractivity contribution < 1.29 is 18.0 Å². The zero-order chi connectivity index (χ0) is 14.8. The Morgan fingerprint density at radius 3 is 2.25 bits per heavy atom. The number of alkyl halides is 3. The molecule has 1 aromatic heterocycles. The molecule has 0 fully saturated rings. The maximum Gasteiger partial charge on any atom is 0.416 e. The second kappa shape index (κ2) is 5.28. The third kappa shape index (κ3) is 3.31. The first kappa shape index (κ1) is 14.0. The van der Waals surface area contributed by atoms with Crippen LogP contribution in [0.15, 0.2) is 36.7 Å². The number of hydrogen-bond acceptors (Lipinski definition) is 3. The first-order valence-electron chi connectivity index (χ1n) is 5.63. The summed E-state index contributed by atoms with van der Waals surface area (Å²) < 4.78 is 37.1. The summed E-state index contributed by atoms with van der Waals surface area (Å²) in [6.45, 7) is 1.73. The lowest BCUT2D eigenvalue weighted by Gasteiger charge is -2.08. The number of aryl methyl sites for hydroxylation is 1. The monoisotopic (exact) mass is 281 g/mol. The molecule has 20 heavy (non-hydrogen) atoms. The van der Waals surface area contributed by atoms with Crippen LogP contribution in [-0.4, -0.2) is 15.9 Å². The highest BCUT2D eigenvalue weighted by atomic mass is 19.4. The van der Waals surface area contributed by atoms with Crippen molar-refractivity contribution in [3.8, 4) is 0 Å². The molecular weight excluding hydrogens is 271 g/mol. The topological polar surface area (TPSA) is 54.9 Å². The molecule has 0 spiro atoms. The number of nitrogens with zero attached hydrogens (tertiary/aromatic N) is 2. The number of nitrogens with one attached hydrogen (secondary N) is 1. The number of halogens is 3. The van der Waals surface area contributed by atoms with Gasteiger partial charge in [0.15, 0.2) is 0 Å². The Kier molecular flexibility index (Phi) is 3.69. The van der Waals surface area contributed by atoms with Crippen molar-refractivity contribution in [3.05, 3.63) is 53.6 Å². The molecule has 1 amide bonds. The second-order valence-corrected chi connectivity index (χ2v) is 4.07. The smallest absolute Gasteiger partial charge is 0.321 e. The van der Waals surface area contributed by atoms with Crippen LogP contribution in [-0.2, 0) is 6.18 Å². The average molecular weight is 281 g/mol. The van der Waals surface area contributed by atoms with Gasteiger partial charge in [0.05, 0.1) is 17.5 Å². The van der Waals surface area contributed by atoms with Crippen LogP contribution < -0.4 is 5.32 Å². The zero-order valence-electron chi connectivity index (χ0n) is 10.4. The van der Waals surface area contributed by atoms with Crippen molar-refractivity contribution in [3.63, 3.8) is 0 Å². The summed E-state index contributed by atoms with van der Waals surface area (Å²) >= 11 is 0. The van der Waals surface area contributed by atoms with Crippen molar-refractivity contribution in [2.24, 2.45) is 0 Å². The van der Waals surface area contributed by atoms with E-state index in [0.717, 1.165) is 12.1 Å². The van der Waals surface area contributed by atoms with Crippen LogP contribution in [0.5, 0.6) is 0 Å². The lowest BCUT2D eigenvalue weighted by Crippen LogP contribution is -2.14. The number of aromatic nitrogens is 2. The average Bonchev–Trinajstić information content (AvgIpc) is 2.39. The molecule has 1 aromatic carbocycles. The van der Waals surface area contributed by atoms with Gasteiger partial charge in [-0.3, -0.25) is 9.78 Å². The van der Waals surface area contributed by atoms with Gasteiger partial charge < -0.3 is 5.32 Å². The van der Waals surface area contributed by atoms with Gasteiger partial charge in [0.1, 0.15) is 5.69 Å². The molecule has 0 atom stereocenters. The zero-order valence-corrected chi connectivity index (χ0v) is 10.4. The Bertz CT molecular complexity index is 606. The fourth-order valence-corrected chi connectivity index (χ4v) is 1.45. The molecule has 2 rings (SSSR count). The largest absolute Gasteiger partial charge is 0.416 e. The number of anilines is 1. The van der Waals surface area contributed by atoms with Crippen molar-refractivity contribution in [1.82, 2.24) is 9.97 Å². The first-order chi connectivity index (χ1) is 9.36. The molecule has 0 saturated carbocycles. The Morgan fingerprint density at radius 2 is 1.75 bits per heavy atom. The van der Waals surface area contributed by atoms with E-state index in [2.05, 4.69) is 15.3 Å². The number of benzene rings is 1. The van der Waals surface area contributed by atoms with Gasteiger partial charge in [-0.15, -0.1) is 0 Å². The molecule has 4 nitrogen and oxygen atoms in total. The van der Waals surface area contributed by atoms with E-state index >= 15 is 0 Å². The summed E-state index contributed by atoms with van der Waals surface area (Å²) in [5, 5.41) is 2.45. The van der Waals surface area contributed by atoms with E-state index in [1.54, 1.807) is 6.92 Å². The number of carbonyl (C=O) groups excluding carboxylic acids is 1. The minimum absolute atomic E-state index is 0.0931. The van der Waals surface area contributed by atoms with Crippen LogP contribution in [0.4, 0.5) is 18.9 Å². The predicted octanol–water partition coefficient (Wildman–Crippen LogP) is 3.06. The molecule has 0 aliphatic carbocycles. The van der Waals surface area contributed by atoms with Crippen molar-refractivity contribution >= 4 is 11.6 Å². The number of hydrogen-bond donors (Lipinski definition) is 1. The van der Waals surface area contributed by atoms with Gasteiger partial charge in [0.2, 0.25) is 0 Å². The van der Waals surface area contributed by atoms with Crippen molar-refractivity contribution in [2.75, 3.05) is 5.32 Å². The van der Waals surface area contributed by atoms with Gasteiger partial charge in [-0.1, -0.05) is 0 Å². The third-order valence-electron chi connectivity index (χ3n) is 2.48. The van der Waals surface area contributed by atoms with E-state index in [1.165, 1.54) is 24.5 Å². The fraction of sp³-hybridized carbons (Fsp3) is 0.154. The maximum absolute atomic E-state index is 12.4. The molecule has 0 saturated heterocycles. The molecule has 0 bridgehead atoms. The van der Waals surface area contributed by atoms with E-state index in [0.29, 0.717) is 5.69 Å². The number of rotatable bonds is 2. The molecule has 104 valence electrons. The number of amides is 1. The summed E-state index contributed by atoms with van der Waals surface area (Å²) in [6, 6.07) is 4.16. The minimum Gasteiger partial charge on any atom is -0.321 e. The molecule has 0 aliphatic rings. The normalized spacial score (nSPS) is 11.2. The Labute approximate surface area is 112 Å². The summed E-state index contributed by atoms with van der Waals surface area (Å²) in [7, 11) is 0. The van der Waals surface area contributed by atoms with Crippen LogP contribution in [0.3, 0.4) is 0 Å². The third-order valence-corrected chi connectivity index (χ3v) is 2.48. The Balaban J connectivity index is 2.10. The molecule has 7 heteroatoms. The van der Waals surface area contributed by atoms with E-state index in [1.807, 2.05) is 0 Å². The van der Waals surface area contributed by atoms with Gasteiger partial charge >= 0.3 is 6.18 Å². The van der Waals surface area contributed by atoms with Crippen LogP contribution >= 0.6 is 0 Å². The van der Waals surface area contributed by atoms with E-state index in [9.17, 15) is 18.0 Å². The highest BCUT2D eigenvalue weighted by Gasteiger charge is 2.29. The fourth-order valence-electron chi connectivity index (χ4n) is 1.45. The summed E-state index contributed by atoms with van der Waals surface area (Å²) in [5.74, 6) is -0.530. The van der Waals surface area contributed by atoms with Gasteiger partial charge in [-0.2, -0.15) is 13.2 Å². The second-order valence-electron chi connectivity index (χ2n) is 4.07. The van der Waals surface area contributed by atoms with Crippen molar-refractivity contribution in [1.29, 1.82) is 0 Å². The van der Waals surface area contributed by atoms with Crippen LogP contribution in [0.25, 0.3) is 0 Å². The van der Waals surface area contributed by atoms with E-state index < -0.39 is 17.6 Å².